The molecule has 8 heteroatoms. The number of hydrogen-bond acceptors (Lipinski definition) is 3. The molecule has 0 radical (unpaired) electrons. The predicted molar refractivity (Wildman–Crippen MR) is 116 cm³/mol. The van der Waals surface area contributed by atoms with Crippen molar-refractivity contribution in [3.8, 4) is 12.3 Å². The Bertz CT molecular complexity index is 954. The Balaban J connectivity index is 1.81. The lowest BCUT2D eigenvalue weighted by Crippen LogP contribution is -2.50. The van der Waals surface area contributed by atoms with E-state index in [9.17, 15) is 18.8 Å². The molecule has 0 bridgehead atoms. The van der Waals surface area contributed by atoms with Crippen LogP contribution in [0.3, 0.4) is 0 Å². The van der Waals surface area contributed by atoms with Crippen LogP contribution < -0.4 is 21.3 Å². The topological polar surface area (TPSA) is 99.3 Å². The Kier molecular flexibility index (Phi) is 9.05. The van der Waals surface area contributed by atoms with Gasteiger partial charge < -0.3 is 21.3 Å². The van der Waals surface area contributed by atoms with Crippen LogP contribution in [0.4, 0.5) is 14.9 Å². The second kappa shape index (κ2) is 12.0. The fourth-order valence-electron chi connectivity index (χ4n) is 2.73. The summed E-state index contributed by atoms with van der Waals surface area (Å²) < 4.78 is 12.9. The van der Waals surface area contributed by atoms with Gasteiger partial charge in [0, 0.05) is 17.8 Å². The van der Waals surface area contributed by atoms with E-state index in [-0.39, 0.29) is 18.9 Å². The van der Waals surface area contributed by atoms with E-state index < -0.39 is 23.9 Å². The summed E-state index contributed by atoms with van der Waals surface area (Å²) in [5.41, 5.74) is 1.87. The highest BCUT2D eigenvalue weighted by atomic mass is 19.1. The largest absolute Gasteiger partial charge is 0.345 e. The van der Waals surface area contributed by atoms with Gasteiger partial charge in [-0.05, 0) is 42.3 Å². The number of urea groups is 1. The minimum atomic E-state index is -0.796. The maximum Gasteiger partial charge on any atom is 0.315 e. The second-order valence-corrected chi connectivity index (χ2v) is 6.79. The zero-order chi connectivity index (χ0) is 22.6. The lowest BCUT2D eigenvalue weighted by atomic mass is 10.1. The Labute approximate surface area is 180 Å². The van der Waals surface area contributed by atoms with Crippen LogP contribution in [0, 0.1) is 18.2 Å². The van der Waals surface area contributed by atoms with Gasteiger partial charge >= 0.3 is 6.03 Å². The molecule has 162 valence electrons. The maximum absolute atomic E-state index is 12.9. The highest BCUT2D eigenvalue weighted by Gasteiger charge is 2.20. The van der Waals surface area contributed by atoms with Gasteiger partial charge in [0.2, 0.25) is 11.8 Å². The van der Waals surface area contributed by atoms with Gasteiger partial charge in [-0.15, -0.1) is 6.42 Å². The summed E-state index contributed by atoms with van der Waals surface area (Å²) in [6.07, 6.45) is 6.39. The number of amides is 4. The number of carbonyl (C=O) groups is 3. The molecule has 4 N–H and O–H groups in total. The molecule has 0 aliphatic heterocycles. The zero-order valence-corrected chi connectivity index (χ0v) is 17.2. The lowest BCUT2D eigenvalue weighted by Gasteiger charge is -2.18. The van der Waals surface area contributed by atoms with Crippen LogP contribution in [0.15, 0.2) is 48.5 Å². The second-order valence-electron chi connectivity index (χ2n) is 6.79. The van der Waals surface area contributed by atoms with Crippen molar-refractivity contribution >= 4 is 23.5 Å². The van der Waals surface area contributed by atoms with Crippen LogP contribution in [0.25, 0.3) is 0 Å². The number of hydrogen-bond donors (Lipinski definition) is 4. The van der Waals surface area contributed by atoms with Crippen LogP contribution in [0.5, 0.6) is 0 Å². The van der Waals surface area contributed by atoms with Gasteiger partial charge in [-0.2, -0.15) is 0 Å². The fourth-order valence-corrected chi connectivity index (χ4v) is 2.73. The number of terminal acetylenes is 1. The van der Waals surface area contributed by atoms with E-state index in [0.29, 0.717) is 24.1 Å². The van der Waals surface area contributed by atoms with Gasteiger partial charge in [0.1, 0.15) is 11.9 Å². The number of anilines is 1. The molecule has 0 spiro atoms. The quantitative estimate of drug-likeness (QED) is 0.466. The first-order valence-corrected chi connectivity index (χ1v) is 9.84. The summed E-state index contributed by atoms with van der Waals surface area (Å²) in [5, 5.41) is 10.4. The average Bonchev–Trinajstić information content (AvgIpc) is 2.77. The van der Waals surface area contributed by atoms with Gasteiger partial charge in [-0.25, -0.2) is 9.18 Å². The molecule has 2 aromatic rings. The first kappa shape index (κ1) is 23.4. The van der Waals surface area contributed by atoms with E-state index in [0.717, 1.165) is 5.56 Å². The van der Waals surface area contributed by atoms with Gasteiger partial charge in [-0.1, -0.05) is 37.5 Å². The molecule has 0 aliphatic carbocycles. The van der Waals surface area contributed by atoms with Crippen molar-refractivity contribution in [1.29, 1.82) is 0 Å². The molecule has 0 saturated carbocycles. The number of benzene rings is 2. The van der Waals surface area contributed by atoms with Gasteiger partial charge in [-0.3, -0.25) is 9.59 Å². The van der Waals surface area contributed by atoms with Crippen molar-refractivity contribution in [2.45, 2.75) is 32.4 Å². The molecule has 1 unspecified atom stereocenters. The Morgan fingerprint density at radius 3 is 2.52 bits per heavy atom. The minimum Gasteiger partial charge on any atom is -0.345 e. The monoisotopic (exact) mass is 424 g/mol. The number of rotatable bonds is 9. The summed E-state index contributed by atoms with van der Waals surface area (Å²) in [6.45, 7) is 1.81. The molecule has 7 nitrogen and oxygen atoms in total. The van der Waals surface area contributed by atoms with Crippen molar-refractivity contribution in [2.24, 2.45) is 0 Å². The Morgan fingerprint density at radius 2 is 1.84 bits per heavy atom. The van der Waals surface area contributed by atoms with Gasteiger partial charge in [0.15, 0.2) is 0 Å². The van der Waals surface area contributed by atoms with Gasteiger partial charge in [0.25, 0.3) is 0 Å². The van der Waals surface area contributed by atoms with E-state index in [4.69, 9.17) is 6.42 Å². The van der Waals surface area contributed by atoms with Crippen LogP contribution in [-0.2, 0) is 16.1 Å². The van der Waals surface area contributed by atoms with E-state index in [1.54, 1.807) is 36.4 Å². The molecule has 0 aliphatic rings. The van der Waals surface area contributed by atoms with Crippen molar-refractivity contribution in [1.82, 2.24) is 16.0 Å². The predicted octanol–water partition coefficient (Wildman–Crippen LogP) is 2.53. The third kappa shape index (κ3) is 8.19. The van der Waals surface area contributed by atoms with Crippen LogP contribution in [0.1, 0.15) is 30.9 Å². The SMILES string of the molecule is C#Cc1cccc(NC(=O)CNC(=O)C(CCC)NC(=O)NCc2ccc(F)cc2)c1. The fraction of sp³-hybridized carbons (Fsp3) is 0.261. The highest BCUT2D eigenvalue weighted by Crippen LogP contribution is 2.09. The van der Waals surface area contributed by atoms with Crippen molar-refractivity contribution in [3.63, 3.8) is 0 Å². The third-order valence-electron chi connectivity index (χ3n) is 4.30. The van der Waals surface area contributed by atoms with E-state index in [1.807, 2.05) is 6.92 Å². The number of carbonyl (C=O) groups excluding carboxylic acids is 3. The Morgan fingerprint density at radius 1 is 1.10 bits per heavy atom. The maximum atomic E-state index is 12.9. The van der Waals surface area contributed by atoms with Crippen molar-refractivity contribution in [2.75, 3.05) is 11.9 Å². The first-order chi connectivity index (χ1) is 14.9. The van der Waals surface area contributed by atoms with E-state index in [2.05, 4.69) is 27.2 Å². The smallest absolute Gasteiger partial charge is 0.315 e. The molecule has 0 heterocycles. The molecule has 1 atom stereocenters. The third-order valence-corrected chi connectivity index (χ3v) is 4.30. The van der Waals surface area contributed by atoms with Crippen LogP contribution in [-0.4, -0.2) is 30.4 Å². The number of nitrogens with one attached hydrogen (secondary N) is 4. The molecular formula is C23H25FN4O3. The average molecular weight is 424 g/mol. The zero-order valence-electron chi connectivity index (χ0n) is 17.2. The minimum absolute atomic E-state index is 0.186. The lowest BCUT2D eigenvalue weighted by molar-refractivity contribution is -0.125. The molecular weight excluding hydrogens is 399 g/mol. The summed E-state index contributed by atoms with van der Waals surface area (Å²) in [4.78, 5) is 36.7. The molecule has 2 rings (SSSR count). The van der Waals surface area contributed by atoms with E-state index in [1.165, 1.54) is 12.1 Å². The summed E-state index contributed by atoms with van der Waals surface area (Å²) in [6, 6.07) is 11.2. The van der Waals surface area contributed by atoms with E-state index >= 15 is 0 Å². The molecule has 0 saturated heterocycles. The molecule has 4 amide bonds. The van der Waals surface area contributed by atoms with Crippen LogP contribution >= 0.6 is 0 Å². The summed E-state index contributed by atoms with van der Waals surface area (Å²) in [7, 11) is 0. The molecule has 0 aromatic heterocycles. The molecule has 2 aromatic carbocycles. The van der Waals surface area contributed by atoms with Crippen molar-refractivity contribution in [3.05, 3.63) is 65.5 Å². The summed E-state index contributed by atoms with van der Waals surface area (Å²) in [5.74, 6) is 1.23. The van der Waals surface area contributed by atoms with Gasteiger partial charge in [0.05, 0.1) is 6.54 Å². The first-order valence-electron chi connectivity index (χ1n) is 9.84. The summed E-state index contributed by atoms with van der Waals surface area (Å²) >= 11 is 0. The Hall–Kier alpha value is -3.86. The number of halogens is 1. The molecule has 0 fully saturated rings. The molecule has 31 heavy (non-hydrogen) atoms. The highest BCUT2D eigenvalue weighted by molar-refractivity contribution is 5.96. The van der Waals surface area contributed by atoms with Crippen LogP contribution in [0.2, 0.25) is 0 Å². The standard InChI is InChI=1S/C23H25FN4O3/c1-3-6-20(28-23(31)26-14-17-9-11-18(24)12-10-17)22(30)25-15-21(29)27-19-8-5-7-16(4-2)13-19/h2,5,7-13,20H,3,6,14-15H2,1H3,(H,25,30)(H,27,29)(H2,26,28,31). The van der Waals surface area contributed by atoms with Crippen molar-refractivity contribution < 1.29 is 18.8 Å². The normalized spacial score (nSPS) is 11.0.